The van der Waals surface area contributed by atoms with Crippen molar-refractivity contribution in [1.29, 1.82) is 0 Å². The summed E-state index contributed by atoms with van der Waals surface area (Å²) in [5, 5.41) is 2.96. The monoisotopic (exact) mass is 250 g/mol. The topological polar surface area (TPSA) is 32.3 Å². The Labute approximate surface area is 107 Å². The van der Waals surface area contributed by atoms with Crippen molar-refractivity contribution in [3.8, 4) is 0 Å². The molecular formula is C14H19FN2O. The van der Waals surface area contributed by atoms with Crippen LogP contribution in [0.5, 0.6) is 0 Å². The number of nitrogens with zero attached hydrogens (tertiary/aromatic N) is 1. The molecule has 3 nitrogen and oxygen atoms in total. The molecule has 1 saturated carbocycles. The van der Waals surface area contributed by atoms with Crippen molar-refractivity contribution in [3.63, 3.8) is 0 Å². The Hall–Kier alpha value is -1.42. The number of amides is 1. The Kier molecular flexibility index (Phi) is 4.31. The van der Waals surface area contributed by atoms with Crippen molar-refractivity contribution in [2.45, 2.75) is 25.3 Å². The SMILES string of the molecule is CN(CCc1ccc(F)cc1)CC(=O)NC1CC1. The van der Waals surface area contributed by atoms with E-state index >= 15 is 0 Å². The molecule has 0 atom stereocenters. The zero-order valence-corrected chi connectivity index (χ0v) is 10.7. The quantitative estimate of drug-likeness (QED) is 0.831. The third-order valence-electron chi connectivity index (χ3n) is 3.05. The smallest absolute Gasteiger partial charge is 0.234 e. The molecule has 1 amide bonds. The average Bonchev–Trinajstić information content (AvgIpc) is 3.12. The van der Waals surface area contributed by atoms with Crippen LogP contribution in [0.3, 0.4) is 0 Å². The summed E-state index contributed by atoms with van der Waals surface area (Å²) in [4.78, 5) is 13.5. The minimum Gasteiger partial charge on any atom is -0.352 e. The largest absolute Gasteiger partial charge is 0.352 e. The van der Waals surface area contributed by atoms with Crippen molar-refractivity contribution in [1.82, 2.24) is 10.2 Å². The second-order valence-corrected chi connectivity index (χ2v) is 4.96. The number of hydrogen-bond acceptors (Lipinski definition) is 2. The van der Waals surface area contributed by atoms with Crippen LogP contribution in [-0.2, 0) is 11.2 Å². The summed E-state index contributed by atoms with van der Waals surface area (Å²) < 4.78 is 12.7. The Morgan fingerprint density at radius 1 is 1.39 bits per heavy atom. The van der Waals surface area contributed by atoms with Gasteiger partial charge in [-0.05, 0) is 44.0 Å². The molecule has 0 aliphatic heterocycles. The number of carbonyl (C=O) groups excluding carboxylic acids is 1. The maximum absolute atomic E-state index is 12.7. The highest BCUT2D eigenvalue weighted by atomic mass is 19.1. The molecule has 0 unspecified atom stereocenters. The van der Waals surface area contributed by atoms with Gasteiger partial charge < -0.3 is 5.32 Å². The maximum atomic E-state index is 12.7. The van der Waals surface area contributed by atoms with Gasteiger partial charge in [-0.25, -0.2) is 4.39 Å². The highest BCUT2D eigenvalue weighted by Gasteiger charge is 2.23. The number of hydrogen-bond donors (Lipinski definition) is 1. The van der Waals surface area contributed by atoms with Crippen LogP contribution in [0, 0.1) is 5.82 Å². The van der Waals surface area contributed by atoms with Gasteiger partial charge in [-0.1, -0.05) is 12.1 Å². The number of benzene rings is 1. The van der Waals surface area contributed by atoms with Gasteiger partial charge in [-0.15, -0.1) is 0 Å². The van der Waals surface area contributed by atoms with Crippen molar-refractivity contribution in [2.75, 3.05) is 20.1 Å². The van der Waals surface area contributed by atoms with E-state index in [1.54, 1.807) is 12.1 Å². The van der Waals surface area contributed by atoms with Gasteiger partial charge >= 0.3 is 0 Å². The molecule has 4 heteroatoms. The zero-order chi connectivity index (χ0) is 13.0. The lowest BCUT2D eigenvalue weighted by molar-refractivity contribution is -0.122. The Morgan fingerprint density at radius 3 is 2.67 bits per heavy atom. The van der Waals surface area contributed by atoms with E-state index in [9.17, 15) is 9.18 Å². The van der Waals surface area contributed by atoms with Gasteiger partial charge in [0.2, 0.25) is 5.91 Å². The lowest BCUT2D eigenvalue weighted by Gasteiger charge is -2.16. The lowest BCUT2D eigenvalue weighted by atomic mass is 10.1. The minimum atomic E-state index is -0.212. The van der Waals surface area contributed by atoms with Crippen LogP contribution >= 0.6 is 0 Å². The van der Waals surface area contributed by atoms with Gasteiger partial charge in [0.25, 0.3) is 0 Å². The molecule has 0 aromatic heterocycles. The fraction of sp³-hybridized carbons (Fsp3) is 0.500. The second-order valence-electron chi connectivity index (χ2n) is 4.96. The van der Waals surface area contributed by atoms with Crippen molar-refractivity contribution in [3.05, 3.63) is 35.6 Å². The maximum Gasteiger partial charge on any atom is 0.234 e. The third kappa shape index (κ3) is 4.45. The van der Waals surface area contributed by atoms with E-state index in [2.05, 4.69) is 5.32 Å². The number of halogens is 1. The predicted molar refractivity (Wildman–Crippen MR) is 68.8 cm³/mol. The van der Waals surface area contributed by atoms with E-state index in [1.807, 2.05) is 11.9 Å². The Morgan fingerprint density at radius 2 is 2.06 bits per heavy atom. The van der Waals surface area contributed by atoms with Gasteiger partial charge in [0.1, 0.15) is 5.82 Å². The van der Waals surface area contributed by atoms with Crippen LogP contribution in [0.4, 0.5) is 4.39 Å². The van der Waals surface area contributed by atoms with Gasteiger partial charge in [0.15, 0.2) is 0 Å². The van der Waals surface area contributed by atoms with Crippen LogP contribution in [0.2, 0.25) is 0 Å². The number of rotatable bonds is 6. The van der Waals surface area contributed by atoms with E-state index in [0.29, 0.717) is 12.6 Å². The van der Waals surface area contributed by atoms with Crippen LogP contribution in [-0.4, -0.2) is 37.0 Å². The fourth-order valence-electron chi connectivity index (χ4n) is 1.80. The number of likely N-dealkylation sites (N-methyl/N-ethyl adjacent to an activating group) is 1. The summed E-state index contributed by atoms with van der Waals surface area (Å²) in [5.74, 6) is -0.116. The molecule has 1 N–H and O–H groups in total. The molecule has 0 radical (unpaired) electrons. The summed E-state index contributed by atoms with van der Waals surface area (Å²) in [5.41, 5.74) is 1.09. The molecule has 1 fully saturated rings. The molecule has 1 aliphatic carbocycles. The summed E-state index contributed by atoms with van der Waals surface area (Å²) >= 11 is 0. The third-order valence-corrected chi connectivity index (χ3v) is 3.05. The van der Waals surface area contributed by atoms with Crippen LogP contribution in [0.25, 0.3) is 0 Å². The van der Waals surface area contributed by atoms with Gasteiger partial charge in [-0.2, -0.15) is 0 Å². The molecule has 1 aliphatic rings. The van der Waals surface area contributed by atoms with Crippen molar-refractivity contribution < 1.29 is 9.18 Å². The molecule has 0 bridgehead atoms. The molecule has 0 saturated heterocycles. The molecule has 2 rings (SSSR count). The first-order chi connectivity index (χ1) is 8.63. The number of nitrogens with one attached hydrogen (secondary N) is 1. The molecule has 1 aromatic rings. The molecule has 1 aromatic carbocycles. The first-order valence-corrected chi connectivity index (χ1v) is 6.36. The highest BCUT2D eigenvalue weighted by molar-refractivity contribution is 5.78. The average molecular weight is 250 g/mol. The predicted octanol–water partition coefficient (Wildman–Crippen LogP) is 1.58. The summed E-state index contributed by atoms with van der Waals surface area (Å²) in [7, 11) is 1.93. The number of carbonyl (C=O) groups is 1. The van der Waals surface area contributed by atoms with Crippen LogP contribution in [0.15, 0.2) is 24.3 Å². The molecule has 18 heavy (non-hydrogen) atoms. The summed E-state index contributed by atoms with van der Waals surface area (Å²) in [6.45, 7) is 1.22. The molecule has 0 spiro atoms. The molecular weight excluding hydrogens is 231 g/mol. The van der Waals surface area contributed by atoms with Gasteiger partial charge in [0, 0.05) is 12.6 Å². The van der Waals surface area contributed by atoms with E-state index in [1.165, 1.54) is 12.1 Å². The fourth-order valence-corrected chi connectivity index (χ4v) is 1.80. The van der Waals surface area contributed by atoms with E-state index in [0.717, 1.165) is 31.4 Å². The van der Waals surface area contributed by atoms with Crippen molar-refractivity contribution >= 4 is 5.91 Å². The van der Waals surface area contributed by atoms with Crippen LogP contribution < -0.4 is 5.32 Å². The molecule has 98 valence electrons. The van der Waals surface area contributed by atoms with Gasteiger partial charge in [-0.3, -0.25) is 9.69 Å². The second kappa shape index (κ2) is 5.96. The van der Waals surface area contributed by atoms with Crippen molar-refractivity contribution in [2.24, 2.45) is 0 Å². The zero-order valence-electron chi connectivity index (χ0n) is 10.7. The normalized spacial score (nSPS) is 14.8. The lowest BCUT2D eigenvalue weighted by Crippen LogP contribution is -2.37. The Balaban J connectivity index is 1.68. The van der Waals surface area contributed by atoms with E-state index in [4.69, 9.17) is 0 Å². The summed E-state index contributed by atoms with van der Waals surface area (Å²) in [6.07, 6.45) is 3.06. The minimum absolute atomic E-state index is 0.0964. The Bertz CT molecular complexity index is 401. The van der Waals surface area contributed by atoms with Gasteiger partial charge in [0.05, 0.1) is 6.54 Å². The van der Waals surface area contributed by atoms with E-state index in [-0.39, 0.29) is 11.7 Å². The first-order valence-electron chi connectivity index (χ1n) is 6.36. The standard InChI is InChI=1S/C14H19FN2O/c1-17(10-14(18)16-13-6-7-13)9-8-11-2-4-12(15)5-3-11/h2-5,13H,6-10H2,1H3,(H,16,18). The summed E-state index contributed by atoms with van der Waals surface area (Å²) in [6, 6.07) is 6.92. The first kappa shape index (κ1) is 13.0. The molecule has 0 heterocycles. The van der Waals surface area contributed by atoms with E-state index < -0.39 is 0 Å². The highest BCUT2D eigenvalue weighted by Crippen LogP contribution is 2.18. The van der Waals surface area contributed by atoms with Crippen LogP contribution in [0.1, 0.15) is 18.4 Å².